The van der Waals surface area contributed by atoms with E-state index in [0.717, 1.165) is 6.42 Å². The molecule has 0 aliphatic heterocycles. The molecule has 0 aliphatic carbocycles. The van der Waals surface area contributed by atoms with Gasteiger partial charge in [-0.15, -0.1) is 0 Å². The van der Waals surface area contributed by atoms with Gasteiger partial charge in [0.15, 0.2) is 0 Å². The summed E-state index contributed by atoms with van der Waals surface area (Å²) >= 11 is 0. The highest BCUT2D eigenvalue weighted by molar-refractivity contribution is 5.73. The van der Waals surface area contributed by atoms with Gasteiger partial charge in [-0.2, -0.15) is 0 Å². The van der Waals surface area contributed by atoms with Crippen LogP contribution in [0, 0.1) is 0 Å². The summed E-state index contributed by atoms with van der Waals surface area (Å²) in [6.45, 7) is 4.40. The zero-order chi connectivity index (χ0) is 11.1. The quantitative estimate of drug-likeness (QED) is 0.635. The lowest BCUT2D eigenvalue weighted by Gasteiger charge is -2.24. The first kappa shape index (κ1) is 12.9. The Morgan fingerprint density at radius 3 is 2.21 bits per heavy atom. The molecule has 1 unspecified atom stereocenters. The summed E-state index contributed by atoms with van der Waals surface area (Å²) < 4.78 is 0. The summed E-state index contributed by atoms with van der Waals surface area (Å²) in [6, 6.07) is -0.616. The van der Waals surface area contributed by atoms with Crippen LogP contribution in [-0.4, -0.2) is 46.2 Å². The number of hydrogen-bond acceptors (Lipinski definition) is 3. The first-order valence-corrected chi connectivity index (χ1v) is 4.67. The molecule has 82 valence electrons. The molecule has 0 aliphatic rings. The number of rotatable bonds is 7. The molecule has 5 heteroatoms. The lowest BCUT2D eigenvalue weighted by atomic mass is 10.2. The third-order valence-electron chi connectivity index (χ3n) is 2.03. The molecule has 0 rings (SSSR count). The molecule has 0 amide bonds. The Kier molecular flexibility index (Phi) is 5.87. The van der Waals surface area contributed by atoms with Crippen LogP contribution >= 0.6 is 0 Å². The molecule has 0 fully saturated rings. The fourth-order valence-corrected chi connectivity index (χ4v) is 1.18. The van der Waals surface area contributed by atoms with Gasteiger partial charge in [0.05, 0.1) is 6.42 Å². The van der Waals surface area contributed by atoms with Crippen molar-refractivity contribution in [2.24, 2.45) is 0 Å². The van der Waals surface area contributed by atoms with E-state index in [0.29, 0.717) is 6.54 Å². The predicted molar refractivity (Wildman–Crippen MR) is 51.2 cm³/mol. The van der Waals surface area contributed by atoms with E-state index < -0.39 is 18.0 Å². The molecule has 0 saturated heterocycles. The van der Waals surface area contributed by atoms with Gasteiger partial charge in [0.2, 0.25) is 0 Å². The molecule has 0 bridgehead atoms. The largest absolute Gasteiger partial charge is 0.481 e. The van der Waals surface area contributed by atoms with Gasteiger partial charge in [0.1, 0.15) is 6.04 Å². The third kappa shape index (κ3) is 4.81. The lowest BCUT2D eigenvalue weighted by molar-refractivity contribution is -0.144. The van der Waals surface area contributed by atoms with Crippen LogP contribution in [0.4, 0.5) is 0 Å². The predicted octanol–water partition coefficient (Wildman–Crippen LogP) is 0.646. The van der Waals surface area contributed by atoms with Crippen LogP contribution in [0.5, 0.6) is 0 Å². The Morgan fingerprint density at radius 1 is 1.29 bits per heavy atom. The zero-order valence-corrected chi connectivity index (χ0v) is 8.56. The Hall–Kier alpha value is -1.10. The Balaban J connectivity index is 4.13. The highest BCUT2D eigenvalue weighted by atomic mass is 16.4. The van der Waals surface area contributed by atoms with Crippen molar-refractivity contribution >= 4 is 11.9 Å². The second-order valence-electron chi connectivity index (χ2n) is 3.19. The number of nitrogens with zero attached hydrogens (tertiary/aromatic N) is 1. The minimum atomic E-state index is -0.913. The molecular weight excluding hydrogens is 186 g/mol. The molecule has 2 N–H and O–H groups in total. The Morgan fingerprint density at radius 2 is 1.86 bits per heavy atom. The second-order valence-corrected chi connectivity index (χ2v) is 3.19. The molecule has 5 nitrogen and oxygen atoms in total. The van der Waals surface area contributed by atoms with E-state index in [1.165, 1.54) is 0 Å². The number of carboxylic acids is 2. The van der Waals surface area contributed by atoms with Gasteiger partial charge in [-0.25, -0.2) is 0 Å². The summed E-state index contributed by atoms with van der Waals surface area (Å²) in [5, 5.41) is 17.2. The number of carboxylic acid groups (broad SMARTS) is 2. The van der Waals surface area contributed by atoms with Crippen molar-refractivity contribution in [3.8, 4) is 0 Å². The molecule has 0 aromatic carbocycles. The van der Waals surface area contributed by atoms with Gasteiger partial charge < -0.3 is 10.2 Å². The van der Waals surface area contributed by atoms with Gasteiger partial charge in [-0.3, -0.25) is 14.5 Å². The average molecular weight is 203 g/mol. The van der Waals surface area contributed by atoms with Gasteiger partial charge in [0, 0.05) is 6.54 Å². The molecule has 0 aromatic heterocycles. The Labute approximate surface area is 83.3 Å². The maximum absolute atomic E-state index is 10.7. The van der Waals surface area contributed by atoms with Crippen molar-refractivity contribution in [3.63, 3.8) is 0 Å². The molecule has 0 spiro atoms. The van der Waals surface area contributed by atoms with E-state index in [-0.39, 0.29) is 13.0 Å². The fourth-order valence-electron chi connectivity index (χ4n) is 1.18. The van der Waals surface area contributed by atoms with E-state index in [4.69, 9.17) is 10.2 Å². The normalized spacial score (nSPS) is 12.8. The summed E-state index contributed by atoms with van der Waals surface area (Å²) in [7, 11) is 0. The molecule has 1 atom stereocenters. The zero-order valence-electron chi connectivity index (χ0n) is 8.56. The van der Waals surface area contributed by atoms with Crippen molar-refractivity contribution in [3.05, 3.63) is 0 Å². The summed E-state index contributed by atoms with van der Waals surface area (Å²) in [5.41, 5.74) is 0. The summed E-state index contributed by atoms with van der Waals surface area (Å²) in [4.78, 5) is 22.7. The highest BCUT2D eigenvalue weighted by Crippen LogP contribution is 2.02. The molecule has 0 aromatic rings. The first-order valence-electron chi connectivity index (χ1n) is 4.67. The Bertz CT molecular complexity index is 205. The second kappa shape index (κ2) is 6.37. The number of aliphatic carboxylic acids is 2. The van der Waals surface area contributed by atoms with Crippen LogP contribution < -0.4 is 0 Å². The molecule has 14 heavy (non-hydrogen) atoms. The standard InChI is InChI=1S/C9H17NO4/c1-3-5-10(6-4-8(11)12)7(2)9(13)14/h7H,3-6H2,1-2H3,(H,11,12)(H,13,14). The molecular formula is C9H17NO4. The van der Waals surface area contributed by atoms with Crippen molar-refractivity contribution in [2.75, 3.05) is 13.1 Å². The van der Waals surface area contributed by atoms with Gasteiger partial charge in [-0.1, -0.05) is 6.92 Å². The van der Waals surface area contributed by atoms with E-state index in [2.05, 4.69) is 0 Å². The highest BCUT2D eigenvalue weighted by Gasteiger charge is 2.19. The topological polar surface area (TPSA) is 77.8 Å². The van der Waals surface area contributed by atoms with E-state index in [1.54, 1.807) is 11.8 Å². The van der Waals surface area contributed by atoms with Crippen molar-refractivity contribution in [2.45, 2.75) is 32.7 Å². The van der Waals surface area contributed by atoms with Crippen LogP contribution in [0.15, 0.2) is 0 Å². The smallest absolute Gasteiger partial charge is 0.320 e. The number of hydrogen-bond donors (Lipinski definition) is 2. The van der Waals surface area contributed by atoms with Crippen LogP contribution in [0.2, 0.25) is 0 Å². The first-order chi connectivity index (χ1) is 6.49. The fraction of sp³-hybridized carbons (Fsp3) is 0.778. The summed E-state index contributed by atoms with van der Waals surface area (Å²) in [5.74, 6) is -1.81. The van der Waals surface area contributed by atoms with Gasteiger partial charge >= 0.3 is 11.9 Å². The van der Waals surface area contributed by atoms with Crippen LogP contribution in [0.1, 0.15) is 26.7 Å². The van der Waals surface area contributed by atoms with Crippen molar-refractivity contribution < 1.29 is 19.8 Å². The maximum Gasteiger partial charge on any atom is 0.320 e. The summed E-state index contributed by atoms with van der Waals surface area (Å²) in [6.07, 6.45) is 0.800. The molecule has 0 saturated carbocycles. The molecule has 0 radical (unpaired) electrons. The van der Waals surface area contributed by atoms with Crippen molar-refractivity contribution in [1.82, 2.24) is 4.90 Å². The minimum absolute atomic E-state index is 0.0162. The number of carbonyl (C=O) groups is 2. The monoisotopic (exact) mass is 203 g/mol. The lowest BCUT2D eigenvalue weighted by Crippen LogP contribution is -2.40. The van der Waals surface area contributed by atoms with Gasteiger partial charge in [-0.05, 0) is 19.9 Å². The van der Waals surface area contributed by atoms with E-state index >= 15 is 0 Å². The molecule has 0 heterocycles. The third-order valence-corrected chi connectivity index (χ3v) is 2.03. The van der Waals surface area contributed by atoms with Crippen LogP contribution in [-0.2, 0) is 9.59 Å². The SMILES string of the molecule is CCCN(CCC(=O)O)C(C)C(=O)O. The van der Waals surface area contributed by atoms with E-state index in [1.807, 2.05) is 6.92 Å². The van der Waals surface area contributed by atoms with Crippen LogP contribution in [0.3, 0.4) is 0 Å². The maximum atomic E-state index is 10.7. The minimum Gasteiger partial charge on any atom is -0.481 e. The van der Waals surface area contributed by atoms with Crippen molar-refractivity contribution in [1.29, 1.82) is 0 Å². The van der Waals surface area contributed by atoms with E-state index in [9.17, 15) is 9.59 Å². The van der Waals surface area contributed by atoms with Crippen LogP contribution in [0.25, 0.3) is 0 Å². The van der Waals surface area contributed by atoms with Gasteiger partial charge in [0.25, 0.3) is 0 Å². The average Bonchev–Trinajstić information content (AvgIpc) is 2.10.